The quantitative estimate of drug-likeness (QED) is 0.0297. The van der Waals surface area contributed by atoms with Crippen LogP contribution >= 0.6 is 7.82 Å². The van der Waals surface area contributed by atoms with Gasteiger partial charge in [-0.25, -0.2) is 4.57 Å². The van der Waals surface area contributed by atoms with Crippen molar-refractivity contribution in [3.63, 3.8) is 0 Å². The Kier molecular flexibility index (Phi) is 30.2. The number of hydrogen-bond acceptors (Lipinski definition) is 9. The number of aliphatic hydroxyl groups is 2. The van der Waals surface area contributed by atoms with Crippen molar-refractivity contribution in [3.05, 3.63) is 72.9 Å². The third-order valence-electron chi connectivity index (χ3n) is 6.47. The van der Waals surface area contributed by atoms with Crippen LogP contribution in [0.3, 0.4) is 0 Å². The number of carbonyl (C=O) groups excluding carboxylic acids is 2. The number of phosphoric ester groups is 1. The highest BCUT2D eigenvalue weighted by Crippen LogP contribution is 2.43. The molecule has 11 heteroatoms. The molecule has 0 rings (SSSR count). The van der Waals surface area contributed by atoms with E-state index < -0.39 is 51.8 Å². The Bertz CT molecular complexity index is 1020. The summed E-state index contributed by atoms with van der Waals surface area (Å²) in [5.74, 6) is -1.02. The molecule has 0 aromatic rings. The molecule has 0 fully saturated rings. The maximum absolute atomic E-state index is 12.5. The second kappa shape index (κ2) is 32.0. The van der Waals surface area contributed by atoms with Gasteiger partial charge in [-0.05, 0) is 51.4 Å². The topological polar surface area (TPSA) is 149 Å². The van der Waals surface area contributed by atoms with Gasteiger partial charge in [0.05, 0.1) is 19.8 Å². The molecule has 0 aromatic heterocycles. The Morgan fingerprint density at radius 3 is 1.74 bits per heavy atom. The lowest BCUT2D eigenvalue weighted by Gasteiger charge is -2.20. The second-order valence-electron chi connectivity index (χ2n) is 10.9. The largest absolute Gasteiger partial charge is 0.472 e. The molecular weight excluding hydrogens is 623 g/mol. The summed E-state index contributed by atoms with van der Waals surface area (Å²) in [6, 6.07) is 0. The zero-order chi connectivity index (χ0) is 34.9. The summed E-state index contributed by atoms with van der Waals surface area (Å²) in [5.41, 5.74) is 0. The molecular formula is C36H59O10P. The number of carbonyl (C=O) groups is 2. The van der Waals surface area contributed by atoms with Crippen LogP contribution in [-0.2, 0) is 32.7 Å². The predicted octanol–water partition coefficient (Wildman–Crippen LogP) is 7.77. The summed E-state index contributed by atoms with van der Waals surface area (Å²) in [6.07, 6.45) is 33.2. The number of hydrogen-bond donors (Lipinski definition) is 3. The molecule has 0 heterocycles. The molecule has 10 nitrogen and oxygen atoms in total. The van der Waals surface area contributed by atoms with Gasteiger partial charge in [-0.2, -0.15) is 0 Å². The smallest absolute Gasteiger partial charge is 0.462 e. The fraction of sp³-hybridized carbons (Fsp3) is 0.611. The molecule has 268 valence electrons. The van der Waals surface area contributed by atoms with Gasteiger partial charge in [0.2, 0.25) is 0 Å². The van der Waals surface area contributed by atoms with Gasteiger partial charge in [-0.3, -0.25) is 18.6 Å². The average Bonchev–Trinajstić information content (AvgIpc) is 3.05. The van der Waals surface area contributed by atoms with Crippen LogP contribution in [0.4, 0.5) is 0 Å². The van der Waals surface area contributed by atoms with Crippen LogP contribution in [0.5, 0.6) is 0 Å². The molecule has 0 radical (unpaired) electrons. The predicted molar refractivity (Wildman–Crippen MR) is 186 cm³/mol. The van der Waals surface area contributed by atoms with E-state index in [0.29, 0.717) is 12.8 Å². The molecule has 47 heavy (non-hydrogen) atoms. The zero-order valence-electron chi connectivity index (χ0n) is 28.5. The van der Waals surface area contributed by atoms with E-state index in [-0.39, 0.29) is 19.4 Å². The van der Waals surface area contributed by atoms with E-state index in [9.17, 15) is 24.2 Å². The number of esters is 2. The summed E-state index contributed by atoms with van der Waals surface area (Å²) < 4.78 is 32.4. The Labute approximate surface area is 282 Å². The van der Waals surface area contributed by atoms with Gasteiger partial charge in [0.1, 0.15) is 12.7 Å². The van der Waals surface area contributed by atoms with Crippen molar-refractivity contribution in [2.45, 2.75) is 116 Å². The van der Waals surface area contributed by atoms with Crippen molar-refractivity contribution >= 4 is 19.8 Å². The first-order valence-corrected chi connectivity index (χ1v) is 18.5. The van der Waals surface area contributed by atoms with Gasteiger partial charge >= 0.3 is 19.8 Å². The van der Waals surface area contributed by atoms with E-state index in [1.165, 1.54) is 12.8 Å². The molecule has 0 aliphatic carbocycles. The summed E-state index contributed by atoms with van der Waals surface area (Å²) in [5, 5.41) is 18.2. The number of aliphatic hydroxyl groups excluding tert-OH is 2. The lowest BCUT2D eigenvalue weighted by molar-refractivity contribution is -0.161. The Hall–Kier alpha value is -2.59. The van der Waals surface area contributed by atoms with E-state index in [1.54, 1.807) is 0 Å². The van der Waals surface area contributed by atoms with Crippen molar-refractivity contribution in [3.8, 4) is 0 Å². The molecule has 0 aromatic carbocycles. The molecule has 0 aliphatic rings. The zero-order valence-corrected chi connectivity index (χ0v) is 29.4. The van der Waals surface area contributed by atoms with Gasteiger partial charge in [-0.1, -0.05) is 112 Å². The fourth-order valence-corrected chi connectivity index (χ4v) is 4.59. The van der Waals surface area contributed by atoms with E-state index in [1.807, 2.05) is 42.5 Å². The third-order valence-corrected chi connectivity index (χ3v) is 7.42. The van der Waals surface area contributed by atoms with Gasteiger partial charge in [0.25, 0.3) is 0 Å². The Morgan fingerprint density at radius 2 is 1.17 bits per heavy atom. The normalized spacial score (nSPS) is 15.1. The Morgan fingerprint density at radius 1 is 0.660 bits per heavy atom. The molecule has 0 saturated carbocycles. The minimum absolute atomic E-state index is 0.128. The minimum atomic E-state index is -4.63. The monoisotopic (exact) mass is 682 g/mol. The summed E-state index contributed by atoms with van der Waals surface area (Å²) in [6.45, 7) is 2.05. The molecule has 2 unspecified atom stereocenters. The average molecular weight is 683 g/mol. The van der Waals surface area contributed by atoms with Crippen LogP contribution in [-0.4, -0.2) is 65.7 Å². The molecule has 0 spiro atoms. The third kappa shape index (κ3) is 31.8. The number of unbranched alkanes of at least 4 members (excludes halogenated alkanes) is 8. The molecule has 3 N–H and O–H groups in total. The first-order valence-electron chi connectivity index (χ1n) is 17.0. The van der Waals surface area contributed by atoms with Gasteiger partial charge in [0, 0.05) is 12.8 Å². The fourth-order valence-electron chi connectivity index (χ4n) is 3.80. The first-order chi connectivity index (χ1) is 22.7. The number of phosphoric acid groups is 1. The Balaban J connectivity index is 4.58. The van der Waals surface area contributed by atoms with Crippen molar-refractivity contribution in [2.24, 2.45) is 0 Å². The lowest BCUT2D eigenvalue weighted by Crippen LogP contribution is -2.29. The highest BCUT2D eigenvalue weighted by atomic mass is 31.2. The molecule has 3 atom stereocenters. The van der Waals surface area contributed by atoms with Crippen molar-refractivity contribution in [2.75, 3.05) is 26.4 Å². The van der Waals surface area contributed by atoms with E-state index in [0.717, 1.165) is 51.4 Å². The van der Waals surface area contributed by atoms with Crippen LogP contribution < -0.4 is 0 Å². The molecule has 0 aliphatic heterocycles. The number of rotatable bonds is 30. The maximum Gasteiger partial charge on any atom is 0.472 e. The minimum Gasteiger partial charge on any atom is -0.462 e. The van der Waals surface area contributed by atoms with Crippen LogP contribution in [0.1, 0.15) is 104 Å². The molecule has 0 amide bonds. The van der Waals surface area contributed by atoms with Gasteiger partial charge in [-0.15, -0.1) is 0 Å². The van der Waals surface area contributed by atoms with Crippen LogP contribution in [0, 0.1) is 0 Å². The SMILES string of the molecule is CC/C=C/C=C/C=C/C=C/CCCCCC(=O)OC(COC(=O)CCCCC/C=C/C=C/CCCC)COP(=O)(O)OC[C@@H](O)CO. The standard InChI is InChI=1S/C36H59O10P/c1-3-5-7-9-11-13-15-16-18-20-22-24-26-28-36(40)46-34(32-45-47(41,42)44-30-33(38)29-37)31-43-35(39)27-25-23-21-19-17-14-12-10-8-6-4-2/h5,7,9-18,33-34,37-38H,3-4,6,8,19-32H2,1-2H3,(H,41,42)/b7-5+,11-9+,12-10+,15-13+,17-14+,18-16+/t33-,34?/m0/s1. The first kappa shape index (κ1) is 44.4. The summed E-state index contributed by atoms with van der Waals surface area (Å²) in [4.78, 5) is 34.6. The van der Waals surface area contributed by atoms with Crippen molar-refractivity contribution in [1.82, 2.24) is 0 Å². The number of ether oxygens (including phenoxy) is 2. The number of allylic oxidation sites excluding steroid dienone is 12. The van der Waals surface area contributed by atoms with Crippen LogP contribution in [0.2, 0.25) is 0 Å². The van der Waals surface area contributed by atoms with Crippen LogP contribution in [0.25, 0.3) is 0 Å². The van der Waals surface area contributed by atoms with Gasteiger partial charge < -0.3 is 24.6 Å². The highest BCUT2D eigenvalue weighted by Gasteiger charge is 2.27. The van der Waals surface area contributed by atoms with Crippen molar-refractivity contribution in [1.29, 1.82) is 0 Å². The lowest BCUT2D eigenvalue weighted by atomic mass is 10.1. The molecule has 0 bridgehead atoms. The second-order valence-corrected chi connectivity index (χ2v) is 12.4. The molecule has 0 saturated heterocycles. The van der Waals surface area contributed by atoms with Crippen LogP contribution in [0.15, 0.2) is 72.9 Å². The van der Waals surface area contributed by atoms with Crippen molar-refractivity contribution < 1.29 is 47.8 Å². The highest BCUT2D eigenvalue weighted by molar-refractivity contribution is 7.47. The van der Waals surface area contributed by atoms with E-state index in [4.69, 9.17) is 19.1 Å². The van der Waals surface area contributed by atoms with E-state index in [2.05, 4.69) is 48.8 Å². The van der Waals surface area contributed by atoms with E-state index >= 15 is 0 Å². The van der Waals surface area contributed by atoms with Gasteiger partial charge in [0.15, 0.2) is 6.10 Å². The summed E-state index contributed by atoms with van der Waals surface area (Å²) >= 11 is 0. The maximum atomic E-state index is 12.5. The summed E-state index contributed by atoms with van der Waals surface area (Å²) in [7, 11) is -4.63.